The standard InChI is InChI=1S/C23H24N4O6S/c1-16(14-17-8-11-19(32-2)12-9-17)24-25-21-13-10-18(27(28)29)15-23(21)34(30,31)26-20-6-4-5-7-22(20)33-3/h4-13,15,25-26H,14H2,1-3H3. The van der Waals surface area contributed by atoms with Crippen molar-refractivity contribution in [1.82, 2.24) is 0 Å². The van der Waals surface area contributed by atoms with Gasteiger partial charge in [0.2, 0.25) is 0 Å². The molecule has 0 fully saturated rings. The van der Waals surface area contributed by atoms with Crippen LogP contribution < -0.4 is 19.6 Å². The molecule has 34 heavy (non-hydrogen) atoms. The largest absolute Gasteiger partial charge is 0.497 e. The van der Waals surface area contributed by atoms with Crippen molar-refractivity contribution < 1.29 is 22.8 Å². The lowest BCUT2D eigenvalue weighted by Gasteiger charge is -2.14. The van der Waals surface area contributed by atoms with Crippen molar-refractivity contribution in [2.45, 2.75) is 18.2 Å². The summed E-state index contributed by atoms with van der Waals surface area (Å²) in [7, 11) is -1.23. The second-order valence-corrected chi connectivity index (χ2v) is 8.88. The number of benzene rings is 3. The van der Waals surface area contributed by atoms with Gasteiger partial charge in [-0.2, -0.15) is 5.10 Å². The van der Waals surface area contributed by atoms with Gasteiger partial charge in [0.1, 0.15) is 16.4 Å². The Kier molecular flexibility index (Phi) is 7.69. The van der Waals surface area contributed by atoms with Gasteiger partial charge in [-0.3, -0.25) is 20.3 Å². The van der Waals surface area contributed by atoms with Crippen LogP contribution >= 0.6 is 0 Å². The molecule has 0 aliphatic heterocycles. The minimum absolute atomic E-state index is 0.0853. The maximum absolute atomic E-state index is 13.2. The zero-order valence-corrected chi connectivity index (χ0v) is 19.6. The second-order valence-electron chi connectivity index (χ2n) is 7.23. The molecule has 2 N–H and O–H groups in total. The molecule has 0 aromatic heterocycles. The van der Waals surface area contributed by atoms with Crippen LogP contribution in [-0.4, -0.2) is 33.3 Å². The summed E-state index contributed by atoms with van der Waals surface area (Å²) in [5, 5.41) is 15.5. The average molecular weight is 485 g/mol. The van der Waals surface area contributed by atoms with Gasteiger partial charge < -0.3 is 9.47 Å². The number of ether oxygens (including phenoxy) is 2. The highest BCUT2D eigenvalue weighted by Gasteiger charge is 2.24. The summed E-state index contributed by atoms with van der Waals surface area (Å²) in [6, 6.07) is 17.4. The first kappa shape index (κ1) is 24.5. The van der Waals surface area contributed by atoms with Gasteiger partial charge in [-0.05, 0) is 42.8 Å². The van der Waals surface area contributed by atoms with Crippen LogP contribution in [0, 0.1) is 10.1 Å². The summed E-state index contributed by atoms with van der Waals surface area (Å²) < 4.78 is 39.1. The molecule has 11 heteroatoms. The van der Waals surface area contributed by atoms with Crippen molar-refractivity contribution in [3.8, 4) is 11.5 Å². The molecule has 3 aromatic rings. The van der Waals surface area contributed by atoms with E-state index in [1.54, 1.807) is 32.2 Å². The molecule has 0 saturated heterocycles. The third-order valence-electron chi connectivity index (χ3n) is 4.80. The molecule has 0 atom stereocenters. The number of nitrogens with zero attached hydrogens (tertiary/aromatic N) is 2. The predicted molar refractivity (Wildman–Crippen MR) is 130 cm³/mol. The Morgan fingerprint density at radius 3 is 2.35 bits per heavy atom. The summed E-state index contributed by atoms with van der Waals surface area (Å²) in [5.74, 6) is 1.04. The van der Waals surface area contributed by atoms with Gasteiger partial charge in [0, 0.05) is 24.3 Å². The monoisotopic (exact) mass is 484 g/mol. The van der Waals surface area contributed by atoms with E-state index >= 15 is 0 Å². The summed E-state index contributed by atoms with van der Waals surface area (Å²) in [6.45, 7) is 1.78. The zero-order valence-electron chi connectivity index (χ0n) is 18.8. The molecule has 0 spiro atoms. The van der Waals surface area contributed by atoms with E-state index in [1.807, 2.05) is 24.3 Å². The van der Waals surface area contributed by atoms with E-state index in [1.165, 1.54) is 25.3 Å². The molecule has 0 aliphatic rings. The molecule has 0 unspecified atom stereocenters. The fourth-order valence-corrected chi connectivity index (χ4v) is 4.35. The number of rotatable bonds is 10. The van der Waals surface area contributed by atoms with Gasteiger partial charge in [-0.1, -0.05) is 24.3 Å². The van der Waals surface area contributed by atoms with E-state index in [2.05, 4.69) is 15.2 Å². The van der Waals surface area contributed by atoms with Crippen molar-refractivity contribution >= 4 is 32.8 Å². The number of nitro benzene ring substituents is 1. The van der Waals surface area contributed by atoms with Gasteiger partial charge in [-0.25, -0.2) is 8.42 Å². The SMILES string of the molecule is COc1ccc(CC(C)=NNc2ccc([N+](=O)[O-])cc2S(=O)(=O)Nc2ccccc2OC)cc1. The smallest absolute Gasteiger partial charge is 0.270 e. The first-order chi connectivity index (χ1) is 16.2. The van der Waals surface area contributed by atoms with Crippen LogP contribution in [0.15, 0.2) is 76.7 Å². The lowest BCUT2D eigenvalue weighted by Crippen LogP contribution is -2.16. The van der Waals surface area contributed by atoms with E-state index in [0.717, 1.165) is 17.4 Å². The molecule has 3 rings (SSSR count). The van der Waals surface area contributed by atoms with Gasteiger partial charge in [0.05, 0.1) is 30.5 Å². The van der Waals surface area contributed by atoms with Crippen LogP contribution in [0.5, 0.6) is 11.5 Å². The number of hydrazone groups is 1. The van der Waals surface area contributed by atoms with E-state index in [4.69, 9.17) is 9.47 Å². The predicted octanol–water partition coefficient (Wildman–Crippen LogP) is 4.44. The topological polar surface area (TPSA) is 132 Å². The molecule has 10 nitrogen and oxygen atoms in total. The van der Waals surface area contributed by atoms with Gasteiger partial charge >= 0.3 is 0 Å². The van der Waals surface area contributed by atoms with Gasteiger partial charge in [0.25, 0.3) is 15.7 Å². The Morgan fingerprint density at radius 1 is 1.00 bits per heavy atom. The van der Waals surface area contributed by atoms with Gasteiger partial charge in [-0.15, -0.1) is 0 Å². The zero-order chi connectivity index (χ0) is 24.7. The molecule has 0 aliphatic carbocycles. The molecule has 0 radical (unpaired) electrons. The van der Waals surface area contributed by atoms with E-state index < -0.39 is 14.9 Å². The number of hydrogen-bond donors (Lipinski definition) is 2. The number of anilines is 2. The average Bonchev–Trinajstić information content (AvgIpc) is 2.83. The Labute approximate surface area is 197 Å². The van der Waals surface area contributed by atoms with Crippen LogP contribution in [0.2, 0.25) is 0 Å². The number of nitro groups is 1. The van der Waals surface area contributed by atoms with E-state index in [9.17, 15) is 18.5 Å². The Bertz CT molecular complexity index is 1310. The third kappa shape index (κ3) is 6.01. The summed E-state index contributed by atoms with van der Waals surface area (Å²) in [5.41, 5.74) is 4.30. The Morgan fingerprint density at radius 2 is 1.71 bits per heavy atom. The number of nitrogens with one attached hydrogen (secondary N) is 2. The minimum atomic E-state index is -4.23. The normalized spacial score (nSPS) is 11.6. The minimum Gasteiger partial charge on any atom is -0.497 e. The molecule has 178 valence electrons. The van der Waals surface area contributed by atoms with Crippen molar-refractivity contribution in [2.24, 2.45) is 5.10 Å². The van der Waals surface area contributed by atoms with Crippen molar-refractivity contribution in [3.05, 3.63) is 82.4 Å². The highest BCUT2D eigenvalue weighted by molar-refractivity contribution is 7.93. The highest BCUT2D eigenvalue weighted by Crippen LogP contribution is 2.31. The molecule has 3 aromatic carbocycles. The summed E-state index contributed by atoms with van der Waals surface area (Å²) in [6.07, 6.45) is 0.505. The summed E-state index contributed by atoms with van der Waals surface area (Å²) >= 11 is 0. The molecule has 0 amide bonds. The van der Waals surface area contributed by atoms with E-state index in [0.29, 0.717) is 17.9 Å². The number of sulfonamides is 1. The number of non-ortho nitro benzene ring substituents is 1. The van der Waals surface area contributed by atoms with Crippen molar-refractivity contribution in [3.63, 3.8) is 0 Å². The molecule has 0 saturated carbocycles. The molecule has 0 heterocycles. The lowest BCUT2D eigenvalue weighted by atomic mass is 10.1. The first-order valence-corrected chi connectivity index (χ1v) is 11.6. The number of hydrogen-bond acceptors (Lipinski definition) is 8. The fraction of sp³-hybridized carbons (Fsp3) is 0.174. The van der Waals surface area contributed by atoms with Gasteiger partial charge in [0.15, 0.2) is 0 Å². The molecule has 0 bridgehead atoms. The highest BCUT2D eigenvalue weighted by atomic mass is 32.2. The van der Waals surface area contributed by atoms with Crippen LogP contribution in [0.1, 0.15) is 12.5 Å². The van der Waals surface area contributed by atoms with Crippen molar-refractivity contribution in [1.29, 1.82) is 0 Å². The van der Waals surface area contributed by atoms with Crippen LogP contribution in [0.4, 0.5) is 17.1 Å². The molecular weight excluding hydrogens is 460 g/mol. The lowest BCUT2D eigenvalue weighted by molar-refractivity contribution is -0.385. The summed E-state index contributed by atoms with van der Waals surface area (Å²) in [4.78, 5) is 10.3. The number of methoxy groups -OCH3 is 2. The fourth-order valence-electron chi connectivity index (χ4n) is 3.10. The van der Waals surface area contributed by atoms with E-state index in [-0.39, 0.29) is 22.0 Å². The van der Waals surface area contributed by atoms with Crippen LogP contribution in [-0.2, 0) is 16.4 Å². The van der Waals surface area contributed by atoms with Crippen LogP contribution in [0.3, 0.4) is 0 Å². The van der Waals surface area contributed by atoms with Crippen molar-refractivity contribution in [2.75, 3.05) is 24.4 Å². The van der Waals surface area contributed by atoms with Crippen LogP contribution in [0.25, 0.3) is 0 Å². The quantitative estimate of drug-likeness (QED) is 0.247. The second kappa shape index (κ2) is 10.7. The Balaban J connectivity index is 1.90. The maximum Gasteiger partial charge on any atom is 0.270 e. The number of para-hydroxylation sites is 2. The Hall–Kier alpha value is -4.12. The first-order valence-electron chi connectivity index (χ1n) is 10.1. The maximum atomic E-state index is 13.2. The third-order valence-corrected chi connectivity index (χ3v) is 6.21. The molecular formula is C23H24N4O6S.